The summed E-state index contributed by atoms with van der Waals surface area (Å²) in [7, 11) is -3.70. The summed E-state index contributed by atoms with van der Waals surface area (Å²) in [6.45, 7) is 4.15. The molecule has 5 heterocycles. The summed E-state index contributed by atoms with van der Waals surface area (Å²) in [6.07, 6.45) is -0.0916. The molecule has 14 nitrogen and oxygen atoms in total. The van der Waals surface area contributed by atoms with Crippen molar-refractivity contribution < 1.29 is 40.1 Å². The largest absolute Gasteiger partial charge is 0.443 e. The Balaban J connectivity index is 0.000000259. The van der Waals surface area contributed by atoms with Gasteiger partial charge in [0, 0.05) is 60.9 Å². The first-order valence-electron chi connectivity index (χ1n) is 17.4. The van der Waals surface area contributed by atoms with Crippen molar-refractivity contribution >= 4 is 60.3 Å². The molecule has 16 heteroatoms. The third-order valence-electron chi connectivity index (χ3n) is 8.76. The number of aliphatic hydroxyl groups excluding tert-OH is 1. The van der Waals surface area contributed by atoms with E-state index < -0.39 is 28.3 Å². The van der Waals surface area contributed by atoms with Gasteiger partial charge in [0.25, 0.3) is 0 Å². The van der Waals surface area contributed by atoms with Crippen molar-refractivity contribution in [3.63, 3.8) is 0 Å². The van der Waals surface area contributed by atoms with Crippen molar-refractivity contribution in [1.29, 1.82) is 0 Å². The van der Waals surface area contributed by atoms with Crippen molar-refractivity contribution in [2.45, 2.75) is 26.4 Å². The number of rotatable bonds is 3. The van der Waals surface area contributed by atoms with Crippen molar-refractivity contribution in [1.82, 2.24) is 44.2 Å². The third-order valence-corrected chi connectivity index (χ3v) is 9.89. The number of H-pyrrole nitrogens is 2. The first-order chi connectivity index (χ1) is 26.4. The Morgan fingerprint density at radius 2 is 0.911 bits per heavy atom. The van der Waals surface area contributed by atoms with Gasteiger partial charge in [-0.1, -0.05) is 97.1 Å². The Morgan fingerprint density at radius 1 is 0.607 bits per heavy atom. The normalized spacial score (nSPS) is 11.9. The topological polar surface area (TPSA) is 193 Å². The SMILES string of the molecule is CC(C)(C)OC(=O)N(CCO)S(C)(=O)=O.[Cu].c1ccc2c(c1)-c1nc-2nc2[nH]c(nc3nc(nc4[nH]c(n1)c1ccccc41)-c1ccccc1-3)c1ccccc21. The van der Waals surface area contributed by atoms with Crippen molar-refractivity contribution in [2.75, 3.05) is 19.4 Å². The molecule has 0 saturated heterocycles. The van der Waals surface area contributed by atoms with E-state index in [1.807, 2.05) is 97.1 Å². The van der Waals surface area contributed by atoms with Crippen LogP contribution in [0.3, 0.4) is 0 Å². The Morgan fingerprint density at radius 3 is 1.18 bits per heavy atom. The zero-order chi connectivity index (χ0) is 38.5. The van der Waals surface area contributed by atoms with Gasteiger partial charge in [0.2, 0.25) is 10.0 Å². The second-order valence-electron chi connectivity index (χ2n) is 13.8. The Labute approximate surface area is 331 Å². The van der Waals surface area contributed by atoms with Gasteiger partial charge in [-0.05, 0) is 20.8 Å². The minimum Gasteiger partial charge on any atom is -0.443 e. The Bertz CT molecular complexity index is 2620. The monoisotopic (exact) mass is 816 g/mol. The molecule has 3 N–H and O–H groups in total. The van der Waals surface area contributed by atoms with Crippen LogP contribution < -0.4 is 0 Å². The number of hydrogen-bond donors (Lipinski definition) is 3. The van der Waals surface area contributed by atoms with Gasteiger partial charge in [0.15, 0.2) is 23.3 Å². The predicted molar refractivity (Wildman–Crippen MR) is 211 cm³/mol. The van der Waals surface area contributed by atoms with E-state index in [4.69, 9.17) is 39.7 Å². The number of fused-ring (bicyclic) bond motifs is 20. The van der Waals surface area contributed by atoms with Crippen LogP contribution in [0.2, 0.25) is 0 Å². The van der Waals surface area contributed by atoms with Crippen LogP contribution in [0.5, 0.6) is 0 Å². The van der Waals surface area contributed by atoms with E-state index in [-0.39, 0.29) is 23.6 Å². The standard InChI is InChI=1S/C32H18N8.C8H17NO5S.Cu/c1-2-10-18-17(9-1)25-33-26(18)38-28-21-13-5-6-14-22(21)30(35-28)40-32-24-16-8-7-15-23(24)31(36-32)39-29-20-12-4-3-11-19(20)27(34-29)37-25;1-8(2,3)14-7(11)9(5-6-10)15(4,12)13;/h1-16H,(H2,33,34,35,36,37,38,39,40);10H,5-6H2,1-4H3;. The maximum absolute atomic E-state index is 11.4. The Kier molecular flexibility index (Phi) is 10.2. The molecule has 8 bridgehead atoms. The van der Waals surface area contributed by atoms with Crippen LogP contribution in [0.25, 0.3) is 89.7 Å². The first-order valence-corrected chi connectivity index (χ1v) is 19.2. The fraction of sp³-hybridized carbons (Fsp3) is 0.175. The van der Waals surface area contributed by atoms with Crippen LogP contribution in [0.4, 0.5) is 4.79 Å². The number of ether oxygens (including phenoxy) is 1. The van der Waals surface area contributed by atoms with E-state index in [0.29, 0.717) is 50.2 Å². The molecule has 3 aromatic heterocycles. The van der Waals surface area contributed by atoms with Gasteiger partial charge in [0.05, 0.1) is 19.4 Å². The number of aromatic nitrogens is 8. The zero-order valence-corrected chi connectivity index (χ0v) is 32.3. The molecule has 9 rings (SSSR count). The van der Waals surface area contributed by atoms with E-state index in [1.54, 1.807) is 20.8 Å². The number of hydrogen-bond acceptors (Lipinski definition) is 11. The van der Waals surface area contributed by atoms with Crippen LogP contribution in [0.1, 0.15) is 20.8 Å². The van der Waals surface area contributed by atoms with E-state index >= 15 is 0 Å². The van der Waals surface area contributed by atoms with Gasteiger partial charge >= 0.3 is 6.09 Å². The molecule has 287 valence electrons. The number of aromatic amines is 2. The minimum absolute atomic E-state index is 0. The van der Waals surface area contributed by atoms with Crippen LogP contribution in [-0.2, 0) is 31.8 Å². The number of aliphatic hydroxyl groups is 1. The number of carbonyl (C=O) groups excluding carboxylic acids is 1. The van der Waals surface area contributed by atoms with Gasteiger partial charge in [0.1, 0.15) is 28.2 Å². The smallest absolute Gasteiger partial charge is 0.424 e. The molecule has 1 radical (unpaired) electrons. The van der Waals surface area contributed by atoms with E-state index in [1.165, 1.54) is 0 Å². The number of benzene rings is 4. The second-order valence-corrected chi connectivity index (χ2v) is 15.7. The van der Waals surface area contributed by atoms with Crippen LogP contribution in [0, 0.1) is 0 Å². The number of nitrogens with one attached hydrogen (secondary N) is 2. The van der Waals surface area contributed by atoms with E-state index in [0.717, 1.165) is 50.1 Å². The second kappa shape index (κ2) is 14.9. The molecule has 0 saturated carbocycles. The summed E-state index contributed by atoms with van der Waals surface area (Å²) < 4.78 is 27.7. The third kappa shape index (κ3) is 7.34. The maximum Gasteiger partial charge on any atom is 0.424 e. The number of nitrogens with zero attached hydrogens (tertiary/aromatic N) is 7. The Hall–Kier alpha value is -6.06. The van der Waals surface area contributed by atoms with Gasteiger partial charge in [-0.25, -0.2) is 47.4 Å². The summed E-state index contributed by atoms with van der Waals surface area (Å²) >= 11 is 0. The average molecular weight is 817 g/mol. The fourth-order valence-corrected chi connectivity index (χ4v) is 7.11. The molecular formula is C40H35CuN9O5S. The summed E-state index contributed by atoms with van der Waals surface area (Å²) in [4.78, 5) is 48.2. The molecule has 56 heavy (non-hydrogen) atoms. The molecule has 0 unspecified atom stereocenters. The first kappa shape index (κ1) is 38.2. The van der Waals surface area contributed by atoms with Crippen molar-refractivity contribution in [2.24, 2.45) is 0 Å². The van der Waals surface area contributed by atoms with Gasteiger partial charge in [-0.15, -0.1) is 0 Å². The maximum atomic E-state index is 11.4. The molecule has 2 aliphatic rings. The fourth-order valence-electron chi connectivity index (χ4n) is 6.39. The summed E-state index contributed by atoms with van der Waals surface area (Å²) in [5, 5.41) is 12.5. The molecule has 0 aliphatic carbocycles. The molecular weight excluding hydrogens is 782 g/mol. The van der Waals surface area contributed by atoms with Gasteiger partial charge in [-0.2, -0.15) is 0 Å². The molecule has 1 amide bonds. The molecule has 2 aliphatic heterocycles. The van der Waals surface area contributed by atoms with E-state index in [2.05, 4.69) is 9.97 Å². The van der Waals surface area contributed by atoms with Gasteiger partial charge in [-0.3, -0.25) is 0 Å². The predicted octanol–water partition coefficient (Wildman–Crippen LogP) is 7.04. The summed E-state index contributed by atoms with van der Waals surface area (Å²) in [5.41, 5.74) is 5.68. The number of carbonyl (C=O) groups is 1. The van der Waals surface area contributed by atoms with Crippen LogP contribution in [0.15, 0.2) is 97.1 Å². The molecule has 0 fully saturated rings. The summed E-state index contributed by atoms with van der Waals surface area (Å²) in [6, 6.07) is 32.2. The molecule has 4 aromatic carbocycles. The minimum atomic E-state index is -3.70. The quantitative estimate of drug-likeness (QED) is 0.155. The van der Waals surface area contributed by atoms with E-state index in [9.17, 15) is 13.2 Å². The number of sulfonamides is 1. The molecule has 0 atom stereocenters. The number of amides is 1. The molecule has 7 aromatic rings. The summed E-state index contributed by atoms with van der Waals surface area (Å²) in [5.74, 6) is 2.39. The van der Waals surface area contributed by atoms with Crippen LogP contribution in [-0.4, -0.2) is 88.8 Å². The van der Waals surface area contributed by atoms with Gasteiger partial charge < -0.3 is 19.8 Å². The van der Waals surface area contributed by atoms with Crippen molar-refractivity contribution in [3.8, 4) is 45.6 Å². The molecule has 0 spiro atoms. The zero-order valence-electron chi connectivity index (χ0n) is 30.6. The average Bonchev–Trinajstić information content (AvgIpc) is 3.89. The van der Waals surface area contributed by atoms with Crippen molar-refractivity contribution in [3.05, 3.63) is 97.1 Å². The van der Waals surface area contributed by atoms with Crippen LogP contribution >= 0.6 is 0 Å².